The third kappa shape index (κ3) is 6.97. The second kappa shape index (κ2) is 12.7. The topological polar surface area (TPSA) is 116 Å². The average molecular weight is 453 g/mol. The van der Waals surface area contributed by atoms with Crippen molar-refractivity contribution < 1.29 is 13.6 Å². The Morgan fingerprint density at radius 3 is 2.73 bits per heavy atom. The first-order valence-corrected chi connectivity index (χ1v) is 10.4. The molecule has 1 aliphatic carbocycles. The lowest BCUT2D eigenvalue weighted by atomic mass is 10.0. The van der Waals surface area contributed by atoms with Crippen LogP contribution in [-0.4, -0.2) is 36.4 Å². The number of nitrogens with zero attached hydrogens (tertiary/aromatic N) is 2. The van der Waals surface area contributed by atoms with Crippen molar-refractivity contribution in [2.24, 2.45) is 0 Å². The normalized spacial score (nSPS) is 14.5. The summed E-state index contributed by atoms with van der Waals surface area (Å²) in [5.74, 6) is -1.81. The summed E-state index contributed by atoms with van der Waals surface area (Å²) in [6, 6.07) is 5.40. The van der Waals surface area contributed by atoms with Crippen molar-refractivity contribution in [1.29, 1.82) is 16.1 Å². The van der Waals surface area contributed by atoms with Crippen molar-refractivity contribution >= 4 is 18.0 Å². The second-order valence-electron chi connectivity index (χ2n) is 7.14. The van der Waals surface area contributed by atoms with Gasteiger partial charge in [0.1, 0.15) is 17.7 Å². The Bertz CT molecular complexity index is 1070. The van der Waals surface area contributed by atoms with E-state index in [-0.39, 0.29) is 22.7 Å². The molecule has 2 rings (SSSR count). The van der Waals surface area contributed by atoms with Gasteiger partial charge in [0.05, 0.1) is 17.0 Å². The molecule has 0 saturated heterocycles. The molecule has 1 aromatic rings. The minimum Gasteiger partial charge on any atom is -0.393 e. The van der Waals surface area contributed by atoms with Gasteiger partial charge in [-0.05, 0) is 61.8 Å². The van der Waals surface area contributed by atoms with Gasteiger partial charge in [-0.15, -0.1) is 0 Å². The minimum absolute atomic E-state index is 0.101. The van der Waals surface area contributed by atoms with Crippen LogP contribution < -0.4 is 10.6 Å². The first-order chi connectivity index (χ1) is 15.9. The summed E-state index contributed by atoms with van der Waals surface area (Å²) in [6.07, 6.45) is 10.8. The number of hydrogen-bond donors (Lipinski definition) is 4. The van der Waals surface area contributed by atoms with Crippen molar-refractivity contribution in [3.05, 3.63) is 82.9 Å². The molecular formula is C24H26F2N6O. The van der Waals surface area contributed by atoms with E-state index in [1.807, 2.05) is 0 Å². The lowest BCUT2D eigenvalue weighted by molar-refractivity contribution is -0.109. The zero-order chi connectivity index (χ0) is 24.2. The van der Waals surface area contributed by atoms with Gasteiger partial charge >= 0.3 is 0 Å². The maximum atomic E-state index is 15.4. The molecule has 0 radical (unpaired) electrons. The average Bonchev–Trinajstić information content (AvgIpc) is 2.80. The summed E-state index contributed by atoms with van der Waals surface area (Å²) in [7, 11) is 1.68. The fourth-order valence-electron chi connectivity index (χ4n) is 3.13. The Hall–Kier alpha value is -4.06. The van der Waals surface area contributed by atoms with Crippen LogP contribution in [0.4, 0.5) is 8.78 Å². The van der Waals surface area contributed by atoms with Gasteiger partial charge in [0, 0.05) is 30.9 Å². The number of halogens is 2. The molecule has 0 atom stereocenters. The van der Waals surface area contributed by atoms with Crippen LogP contribution in [0.15, 0.2) is 65.9 Å². The van der Waals surface area contributed by atoms with Crippen LogP contribution in [0.2, 0.25) is 0 Å². The van der Waals surface area contributed by atoms with Gasteiger partial charge in [-0.2, -0.15) is 9.65 Å². The van der Waals surface area contributed by atoms with E-state index in [9.17, 15) is 9.18 Å². The van der Waals surface area contributed by atoms with Crippen molar-refractivity contribution in [1.82, 2.24) is 15.5 Å². The largest absolute Gasteiger partial charge is 0.393 e. The number of carbonyl (C=O) groups is 1. The van der Waals surface area contributed by atoms with Gasteiger partial charge in [0.25, 0.3) is 0 Å². The summed E-state index contributed by atoms with van der Waals surface area (Å²) in [4.78, 5) is 11.3. The van der Waals surface area contributed by atoms with Gasteiger partial charge in [0.2, 0.25) is 6.41 Å². The molecule has 4 N–H and O–H groups in total. The van der Waals surface area contributed by atoms with Gasteiger partial charge in [-0.25, -0.2) is 4.39 Å². The molecule has 9 heteroatoms. The molecule has 172 valence electrons. The Balaban J connectivity index is 2.33. The molecule has 0 aromatic heterocycles. The number of amides is 1. The number of hydrogen-bond acceptors (Lipinski definition) is 5. The summed E-state index contributed by atoms with van der Waals surface area (Å²) in [6.45, 7) is 0.556. The molecule has 1 aromatic carbocycles. The zero-order valence-electron chi connectivity index (χ0n) is 18.3. The molecule has 1 amide bonds. The van der Waals surface area contributed by atoms with E-state index >= 15 is 4.39 Å². The van der Waals surface area contributed by atoms with Crippen molar-refractivity contribution in [2.45, 2.75) is 25.7 Å². The van der Waals surface area contributed by atoms with Crippen molar-refractivity contribution in [3.8, 4) is 6.07 Å². The first kappa shape index (κ1) is 25.2. The Labute approximate surface area is 191 Å². The van der Waals surface area contributed by atoms with E-state index in [0.29, 0.717) is 37.1 Å². The van der Waals surface area contributed by atoms with E-state index in [2.05, 4.69) is 10.6 Å². The van der Waals surface area contributed by atoms with Crippen LogP contribution in [0.5, 0.6) is 0 Å². The molecule has 0 aliphatic heterocycles. The third-order valence-corrected chi connectivity index (χ3v) is 4.81. The van der Waals surface area contributed by atoms with E-state index in [0.717, 1.165) is 23.8 Å². The monoisotopic (exact) mass is 452 g/mol. The SMILES string of the molecule is CN/C=C1/C=C(N(C(=N)c2ccc(C#N)c(F)c2)/C(F)=C/CCCCCNC=O)C=CC1=N. The van der Waals surface area contributed by atoms with Crippen LogP contribution in [0.1, 0.15) is 36.8 Å². The molecular weight excluding hydrogens is 426 g/mol. The van der Waals surface area contributed by atoms with Gasteiger partial charge < -0.3 is 16.0 Å². The highest BCUT2D eigenvalue weighted by atomic mass is 19.1. The predicted molar refractivity (Wildman–Crippen MR) is 124 cm³/mol. The van der Waals surface area contributed by atoms with Crippen LogP contribution in [-0.2, 0) is 4.79 Å². The van der Waals surface area contributed by atoms with Crippen LogP contribution in [0, 0.1) is 28.0 Å². The summed E-state index contributed by atoms with van der Waals surface area (Å²) < 4.78 is 29.5. The second-order valence-corrected chi connectivity index (χ2v) is 7.14. The molecule has 0 fully saturated rings. The summed E-state index contributed by atoms with van der Waals surface area (Å²) >= 11 is 0. The number of benzene rings is 1. The lowest BCUT2D eigenvalue weighted by Crippen LogP contribution is -2.29. The third-order valence-electron chi connectivity index (χ3n) is 4.81. The molecule has 7 nitrogen and oxygen atoms in total. The standard InChI is InChI=1S/C24H26F2N6O/c1-30-15-19-12-20(9-10-22(19)28)32(23(26)6-4-2-3-5-11-31-16-33)24(29)17-7-8-18(14-27)21(25)13-17/h6-10,12-13,15-16,28-30H,2-5,11H2,1H3,(H,31,33)/b19-15-,23-6+,28-22?,29-24?. The Kier molecular flexibility index (Phi) is 9.71. The quantitative estimate of drug-likeness (QED) is 0.133. The molecule has 0 spiro atoms. The smallest absolute Gasteiger partial charge is 0.207 e. The Morgan fingerprint density at radius 1 is 1.27 bits per heavy atom. The lowest BCUT2D eigenvalue weighted by Gasteiger charge is -2.26. The number of nitrogens with one attached hydrogen (secondary N) is 4. The Morgan fingerprint density at radius 2 is 2.06 bits per heavy atom. The number of carbonyl (C=O) groups excluding carboxylic acids is 1. The van der Waals surface area contributed by atoms with Gasteiger partial charge in [0.15, 0.2) is 5.95 Å². The molecule has 0 unspecified atom stereocenters. The molecule has 33 heavy (non-hydrogen) atoms. The number of amidine groups is 1. The number of nitriles is 1. The fraction of sp³-hybridized carbons (Fsp3) is 0.250. The number of allylic oxidation sites excluding steroid dienone is 5. The van der Waals surface area contributed by atoms with E-state index < -0.39 is 11.8 Å². The zero-order valence-corrected chi connectivity index (χ0v) is 18.3. The van der Waals surface area contributed by atoms with Gasteiger partial charge in [-0.1, -0.05) is 6.42 Å². The molecule has 0 saturated carbocycles. The minimum atomic E-state index is -0.793. The van der Waals surface area contributed by atoms with Crippen LogP contribution in [0.3, 0.4) is 0 Å². The van der Waals surface area contributed by atoms with Crippen molar-refractivity contribution in [2.75, 3.05) is 13.6 Å². The molecule has 0 bridgehead atoms. The van der Waals surface area contributed by atoms with E-state index in [4.69, 9.17) is 16.1 Å². The van der Waals surface area contributed by atoms with E-state index in [1.54, 1.807) is 25.4 Å². The predicted octanol–water partition coefficient (Wildman–Crippen LogP) is 4.02. The van der Waals surface area contributed by atoms with Crippen LogP contribution >= 0.6 is 0 Å². The maximum absolute atomic E-state index is 15.4. The molecule has 0 heterocycles. The summed E-state index contributed by atoms with van der Waals surface area (Å²) in [5.41, 5.74) is 0.949. The number of rotatable bonds is 11. The van der Waals surface area contributed by atoms with Crippen molar-refractivity contribution in [3.63, 3.8) is 0 Å². The van der Waals surface area contributed by atoms with Crippen LogP contribution in [0.25, 0.3) is 0 Å². The highest BCUT2D eigenvalue weighted by Gasteiger charge is 2.23. The number of unbranched alkanes of at least 4 members (excludes halogenated alkanes) is 3. The highest BCUT2D eigenvalue weighted by molar-refractivity contribution is 6.10. The maximum Gasteiger partial charge on any atom is 0.207 e. The fourth-order valence-corrected chi connectivity index (χ4v) is 3.13. The molecule has 1 aliphatic rings. The van der Waals surface area contributed by atoms with Gasteiger partial charge in [-0.3, -0.25) is 15.1 Å². The highest BCUT2D eigenvalue weighted by Crippen LogP contribution is 2.25. The first-order valence-electron chi connectivity index (χ1n) is 10.4. The van der Waals surface area contributed by atoms with E-state index in [1.165, 1.54) is 30.4 Å². The summed E-state index contributed by atoms with van der Waals surface area (Å²) in [5, 5.41) is 30.9.